The smallest absolute Gasteiger partial charge is 0.292 e. The van der Waals surface area contributed by atoms with Crippen LogP contribution < -0.4 is 5.32 Å². The van der Waals surface area contributed by atoms with E-state index in [1.807, 2.05) is 6.92 Å². The molecular weight excluding hydrogens is 312 g/mol. The Labute approximate surface area is 128 Å². The molecule has 1 amide bonds. The van der Waals surface area contributed by atoms with Crippen molar-refractivity contribution in [2.45, 2.75) is 23.4 Å². The van der Waals surface area contributed by atoms with Crippen molar-refractivity contribution in [1.29, 1.82) is 0 Å². The number of nitro benzene ring substituents is 1. The number of carbonyl (C=O) groups is 1. The monoisotopic (exact) mass is 324 g/mol. The summed E-state index contributed by atoms with van der Waals surface area (Å²) in [6, 6.07) is 6.04. The molecule has 9 heteroatoms. The molecule has 0 aliphatic heterocycles. The zero-order valence-corrected chi connectivity index (χ0v) is 12.9. The topological polar surface area (TPSA) is 98.0 Å². The molecule has 1 aromatic heterocycles. The summed E-state index contributed by atoms with van der Waals surface area (Å²) >= 11 is 2.67. The fourth-order valence-corrected chi connectivity index (χ4v) is 3.46. The molecule has 1 heterocycles. The fourth-order valence-electron chi connectivity index (χ4n) is 1.50. The summed E-state index contributed by atoms with van der Waals surface area (Å²) < 4.78 is 0.692. The molecule has 1 N–H and O–H groups in total. The quantitative estimate of drug-likeness (QED) is 0.516. The highest BCUT2D eigenvalue weighted by Gasteiger charge is 2.20. The molecule has 2 aromatic rings. The Morgan fingerprint density at radius 2 is 2.14 bits per heavy atom. The summed E-state index contributed by atoms with van der Waals surface area (Å²) in [5, 5.41) is 21.7. The number of rotatable bonds is 5. The van der Waals surface area contributed by atoms with Gasteiger partial charge in [0.15, 0.2) is 4.34 Å². The number of nitrogens with one attached hydrogen (secondary N) is 1. The van der Waals surface area contributed by atoms with Crippen molar-refractivity contribution >= 4 is 40.4 Å². The van der Waals surface area contributed by atoms with E-state index >= 15 is 0 Å². The van der Waals surface area contributed by atoms with E-state index in [0.29, 0.717) is 4.34 Å². The van der Waals surface area contributed by atoms with Crippen LogP contribution in [0.2, 0.25) is 0 Å². The van der Waals surface area contributed by atoms with Gasteiger partial charge in [0, 0.05) is 6.07 Å². The number of hydrogen-bond acceptors (Lipinski definition) is 7. The molecule has 0 aliphatic carbocycles. The molecule has 1 aromatic carbocycles. The minimum Gasteiger partial charge on any atom is -0.319 e. The summed E-state index contributed by atoms with van der Waals surface area (Å²) in [6.07, 6.45) is 0. The number of anilines is 1. The number of hydrogen-bond donors (Lipinski definition) is 1. The van der Waals surface area contributed by atoms with E-state index in [2.05, 4.69) is 15.5 Å². The number of amides is 1. The van der Waals surface area contributed by atoms with Gasteiger partial charge in [-0.3, -0.25) is 14.9 Å². The third kappa shape index (κ3) is 3.99. The highest BCUT2D eigenvalue weighted by Crippen LogP contribution is 2.28. The van der Waals surface area contributed by atoms with Gasteiger partial charge in [0.25, 0.3) is 5.69 Å². The van der Waals surface area contributed by atoms with E-state index in [1.165, 1.54) is 35.2 Å². The van der Waals surface area contributed by atoms with Crippen molar-refractivity contribution < 1.29 is 9.72 Å². The van der Waals surface area contributed by atoms with Crippen LogP contribution in [0.3, 0.4) is 0 Å². The third-order valence-corrected chi connectivity index (χ3v) is 4.54. The number of aryl methyl sites for hydroxylation is 1. The molecule has 1 atom stereocenters. The number of nitro groups is 1. The van der Waals surface area contributed by atoms with Crippen LogP contribution in [0.25, 0.3) is 0 Å². The number of aromatic nitrogens is 2. The lowest BCUT2D eigenvalue weighted by molar-refractivity contribution is -0.383. The average molecular weight is 324 g/mol. The van der Waals surface area contributed by atoms with Crippen LogP contribution in [0.5, 0.6) is 0 Å². The third-order valence-electron chi connectivity index (χ3n) is 2.51. The summed E-state index contributed by atoms with van der Waals surface area (Å²) in [7, 11) is 0. The van der Waals surface area contributed by atoms with Gasteiger partial charge in [0.05, 0.1) is 10.2 Å². The molecule has 0 fully saturated rings. The van der Waals surface area contributed by atoms with Gasteiger partial charge in [-0.15, -0.1) is 10.2 Å². The number of nitrogens with zero attached hydrogens (tertiary/aromatic N) is 3. The minimum atomic E-state index is -0.526. The van der Waals surface area contributed by atoms with Crippen molar-refractivity contribution in [3.05, 3.63) is 39.4 Å². The lowest BCUT2D eigenvalue weighted by Gasteiger charge is -2.10. The van der Waals surface area contributed by atoms with Crippen molar-refractivity contribution in [1.82, 2.24) is 10.2 Å². The lowest BCUT2D eigenvalue weighted by Crippen LogP contribution is -2.22. The molecule has 110 valence electrons. The van der Waals surface area contributed by atoms with E-state index in [-0.39, 0.29) is 17.3 Å². The Balaban J connectivity index is 2.05. The molecule has 21 heavy (non-hydrogen) atoms. The van der Waals surface area contributed by atoms with Crippen LogP contribution in [-0.2, 0) is 4.79 Å². The highest BCUT2D eigenvalue weighted by atomic mass is 32.2. The van der Waals surface area contributed by atoms with E-state index in [1.54, 1.807) is 19.1 Å². The van der Waals surface area contributed by atoms with E-state index in [4.69, 9.17) is 0 Å². The summed E-state index contributed by atoms with van der Waals surface area (Å²) in [4.78, 5) is 22.5. The van der Waals surface area contributed by atoms with Gasteiger partial charge >= 0.3 is 0 Å². The first kappa shape index (κ1) is 15.4. The molecule has 0 bridgehead atoms. The van der Waals surface area contributed by atoms with Crippen LogP contribution in [0, 0.1) is 17.0 Å². The van der Waals surface area contributed by atoms with Crippen LogP contribution >= 0.6 is 23.1 Å². The molecule has 0 saturated carbocycles. The Morgan fingerprint density at radius 1 is 1.43 bits per heavy atom. The van der Waals surface area contributed by atoms with Crippen molar-refractivity contribution in [2.24, 2.45) is 0 Å². The van der Waals surface area contributed by atoms with Crippen molar-refractivity contribution in [3.63, 3.8) is 0 Å². The fraction of sp³-hybridized carbons (Fsp3) is 0.250. The maximum absolute atomic E-state index is 12.1. The molecule has 2 rings (SSSR count). The Kier molecular flexibility index (Phi) is 4.86. The zero-order valence-electron chi connectivity index (χ0n) is 11.3. The van der Waals surface area contributed by atoms with Crippen molar-refractivity contribution in [2.75, 3.05) is 5.32 Å². The van der Waals surface area contributed by atoms with Gasteiger partial charge in [0.2, 0.25) is 5.91 Å². The summed E-state index contributed by atoms with van der Waals surface area (Å²) in [6.45, 7) is 3.55. The van der Waals surface area contributed by atoms with Gasteiger partial charge in [-0.05, 0) is 19.9 Å². The minimum absolute atomic E-state index is 0.130. The molecule has 0 saturated heterocycles. The largest absolute Gasteiger partial charge is 0.319 e. The lowest BCUT2D eigenvalue weighted by atomic mass is 10.2. The van der Waals surface area contributed by atoms with E-state index in [9.17, 15) is 14.9 Å². The number of carbonyl (C=O) groups excluding carboxylic acids is 1. The Bertz CT molecular complexity index is 674. The Hall–Kier alpha value is -2.00. The van der Waals surface area contributed by atoms with E-state index in [0.717, 1.165) is 5.01 Å². The summed E-state index contributed by atoms with van der Waals surface area (Å²) in [5.41, 5.74) is 0.0585. The van der Waals surface area contributed by atoms with Gasteiger partial charge in [0.1, 0.15) is 10.7 Å². The maximum atomic E-state index is 12.1. The van der Waals surface area contributed by atoms with Gasteiger partial charge in [-0.2, -0.15) is 0 Å². The second-order valence-corrected chi connectivity index (χ2v) is 6.88. The molecule has 0 unspecified atom stereocenters. The second kappa shape index (κ2) is 6.64. The predicted molar refractivity (Wildman–Crippen MR) is 81.7 cm³/mol. The summed E-state index contributed by atoms with van der Waals surface area (Å²) in [5.74, 6) is -0.317. The first-order valence-electron chi connectivity index (χ1n) is 5.98. The van der Waals surface area contributed by atoms with Gasteiger partial charge in [-0.1, -0.05) is 35.2 Å². The molecule has 0 aliphatic rings. The van der Waals surface area contributed by atoms with Crippen LogP contribution in [0.1, 0.15) is 11.9 Å². The standard InChI is InChI=1S/C12H12N4O3S2/c1-7(20-12-15-14-8(2)21-12)11(17)13-9-5-3-4-6-10(9)16(18)19/h3-7H,1-2H3,(H,13,17)/t7-/m1/s1. The van der Waals surface area contributed by atoms with Gasteiger partial charge in [-0.25, -0.2) is 0 Å². The molecular formula is C12H12N4O3S2. The van der Waals surface area contributed by atoms with Crippen LogP contribution in [0.4, 0.5) is 11.4 Å². The molecule has 7 nitrogen and oxygen atoms in total. The zero-order chi connectivity index (χ0) is 15.4. The van der Waals surface area contributed by atoms with Crippen molar-refractivity contribution in [3.8, 4) is 0 Å². The Morgan fingerprint density at radius 3 is 2.76 bits per heavy atom. The highest BCUT2D eigenvalue weighted by molar-refractivity contribution is 8.02. The van der Waals surface area contributed by atoms with Crippen LogP contribution in [0.15, 0.2) is 28.6 Å². The number of para-hydroxylation sites is 2. The molecule has 0 radical (unpaired) electrons. The predicted octanol–water partition coefficient (Wildman–Crippen LogP) is 2.87. The van der Waals surface area contributed by atoms with Crippen LogP contribution in [-0.4, -0.2) is 26.3 Å². The van der Waals surface area contributed by atoms with Gasteiger partial charge < -0.3 is 5.32 Å². The van der Waals surface area contributed by atoms with E-state index < -0.39 is 10.2 Å². The maximum Gasteiger partial charge on any atom is 0.292 e. The second-order valence-electron chi connectivity index (χ2n) is 4.11. The first-order valence-corrected chi connectivity index (χ1v) is 7.68. The molecule has 0 spiro atoms. The average Bonchev–Trinajstić information content (AvgIpc) is 2.84. The normalized spacial score (nSPS) is 11.9. The SMILES string of the molecule is Cc1nnc(S[C@H](C)C(=O)Nc2ccccc2[N+](=O)[O-])s1. The first-order chi connectivity index (χ1) is 9.97. The number of thioether (sulfide) groups is 1. The number of benzene rings is 1.